The lowest BCUT2D eigenvalue weighted by Gasteiger charge is -2.15. The molecule has 1 aliphatic carbocycles. The molecule has 0 aliphatic heterocycles. The smallest absolute Gasteiger partial charge is 0.252 e. The molecule has 90 valence electrons. The van der Waals surface area contributed by atoms with Gasteiger partial charge in [0, 0.05) is 24.4 Å². The summed E-state index contributed by atoms with van der Waals surface area (Å²) in [5, 5.41) is 3.22. The molecule has 0 bridgehead atoms. The summed E-state index contributed by atoms with van der Waals surface area (Å²) in [6.07, 6.45) is 9.09. The van der Waals surface area contributed by atoms with Gasteiger partial charge in [-0.1, -0.05) is 6.92 Å². The van der Waals surface area contributed by atoms with Crippen LogP contribution >= 0.6 is 0 Å². The van der Waals surface area contributed by atoms with E-state index < -0.39 is 0 Å². The number of aromatic amines is 1. The summed E-state index contributed by atoms with van der Waals surface area (Å²) in [7, 11) is 0. The van der Waals surface area contributed by atoms with E-state index in [2.05, 4.69) is 28.1 Å². The fourth-order valence-electron chi connectivity index (χ4n) is 1.75. The molecule has 1 heterocycles. The van der Waals surface area contributed by atoms with E-state index in [0.717, 1.165) is 25.1 Å². The van der Waals surface area contributed by atoms with Gasteiger partial charge >= 0.3 is 0 Å². The van der Waals surface area contributed by atoms with Crippen LogP contribution in [0.25, 0.3) is 0 Å². The van der Waals surface area contributed by atoms with Crippen molar-refractivity contribution in [3.05, 3.63) is 22.2 Å². The molecule has 0 saturated heterocycles. The molecule has 1 aromatic rings. The van der Waals surface area contributed by atoms with Crippen LogP contribution in [0.1, 0.15) is 44.3 Å². The molecule has 1 aliphatic rings. The zero-order valence-corrected chi connectivity index (χ0v) is 9.99. The van der Waals surface area contributed by atoms with E-state index in [1.54, 1.807) is 0 Å². The number of H-pyrrole nitrogens is 1. The SMILES string of the molecule is C#CCC(CC)Nc1cc(=O)[nH]c(C2CC2)n1. The van der Waals surface area contributed by atoms with Crippen molar-refractivity contribution >= 4 is 5.82 Å². The fraction of sp³-hybridized carbons (Fsp3) is 0.538. The first-order chi connectivity index (χ1) is 8.22. The Labute approximate surface area is 101 Å². The van der Waals surface area contributed by atoms with Crippen LogP contribution in [0.2, 0.25) is 0 Å². The highest BCUT2D eigenvalue weighted by atomic mass is 16.1. The summed E-state index contributed by atoms with van der Waals surface area (Å²) in [5.41, 5.74) is -0.0973. The van der Waals surface area contributed by atoms with Gasteiger partial charge in [-0.15, -0.1) is 12.3 Å². The number of rotatable bonds is 5. The highest BCUT2D eigenvalue weighted by molar-refractivity contribution is 5.35. The Morgan fingerprint density at radius 3 is 3.06 bits per heavy atom. The summed E-state index contributed by atoms with van der Waals surface area (Å²) in [6.45, 7) is 2.06. The number of hydrogen-bond donors (Lipinski definition) is 2. The maximum Gasteiger partial charge on any atom is 0.252 e. The lowest BCUT2D eigenvalue weighted by Crippen LogP contribution is -2.21. The molecule has 1 saturated carbocycles. The third-order valence-electron chi connectivity index (χ3n) is 2.93. The van der Waals surface area contributed by atoms with Gasteiger partial charge in [-0.25, -0.2) is 4.98 Å². The van der Waals surface area contributed by atoms with Gasteiger partial charge in [0.1, 0.15) is 11.6 Å². The molecule has 4 heteroatoms. The van der Waals surface area contributed by atoms with E-state index in [0.29, 0.717) is 18.2 Å². The van der Waals surface area contributed by atoms with Crippen LogP contribution in [0.3, 0.4) is 0 Å². The summed E-state index contributed by atoms with van der Waals surface area (Å²) >= 11 is 0. The van der Waals surface area contributed by atoms with Gasteiger partial charge in [0.25, 0.3) is 5.56 Å². The van der Waals surface area contributed by atoms with Gasteiger partial charge in [0.05, 0.1) is 0 Å². The topological polar surface area (TPSA) is 57.8 Å². The lowest BCUT2D eigenvalue weighted by atomic mass is 10.1. The molecule has 1 atom stereocenters. The van der Waals surface area contributed by atoms with Crippen LogP contribution in [0.15, 0.2) is 10.9 Å². The van der Waals surface area contributed by atoms with Crippen LogP contribution in [0.4, 0.5) is 5.82 Å². The zero-order chi connectivity index (χ0) is 12.3. The van der Waals surface area contributed by atoms with Crippen LogP contribution in [-0.2, 0) is 0 Å². The van der Waals surface area contributed by atoms with E-state index in [-0.39, 0.29) is 11.6 Å². The Balaban J connectivity index is 2.14. The largest absolute Gasteiger partial charge is 0.366 e. The Morgan fingerprint density at radius 1 is 1.71 bits per heavy atom. The average molecular weight is 231 g/mol. The van der Waals surface area contributed by atoms with Crippen LogP contribution in [0, 0.1) is 12.3 Å². The molecule has 4 nitrogen and oxygen atoms in total. The molecule has 2 N–H and O–H groups in total. The van der Waals surface area contributed by atoms with Crippen molar-refractivity contribution in [2.24, 2.45) is 0 Å². The number of terminal acetylenes is 1. The fourth-order valence-corrected chi connectivity index (χ4v) is 1.75. The van der Waals surface area contributed by atoms with Crippen LogP contribution < -0.4 is 10.9 Å². The first-order valence-electron chi connectivity index (χ1n) is 6.04. The first-order valence-corrected chi connectivity index (χ1v) is 6.04. The molecule has 0 spiro atoms. The molecule has 1 aromatic heterocycles. The number of nitrogens with zero attached hydrogens (tertiary/aromatic N) is 1. The van der Waals surface area contributed by atoms with Crippen molar-refractivity contribution in [3.8, 4) is 12.3 Å². The Bertz CT molecular complexity index is 482. The molecule has 17 heavy (non-hydrogen) atoms. The molecule has 1 unspecified atom stereocenters. The molecule has 1 fully saturated rings. The maximum atomic E-state index is 11.5. The third kappa shape index (κ3) is 3.10. The summed E-state index contributed by atoms with van der Waals surface area (Å²) in [4.78, 5) is 18.7. The second-order valence-electron chi connectivity index (χ2n) is 4.45. The van der Waals surface area contributed by atoms with E-state index >= 15 is 0 Å². The minimum Gasteiger partial charge on any atom is -0.366 e. The van der Waals surface area contributed by atoms with Crippen molar-refractivity contribution in [1.82, 2.24) is 9.97 Å². The quantitative estimate of drug-likeness (QED) is 0.760. The maximum absolute atomic E-state index is 11.5. The Kier molecular flexibility index (Phi) is 3.48. The standard InChI is InChI=1S/C13H17N3O/c1-3-5-10(4-2)14-11-8-12(17)16-13(15-11)9-6-7-9/h1,8-10H,4-7H2,2H3,(H2,14,15,16,17). The Morgan fingerprint density at radius 2 is 2.47 bits per heavy atom. The monoisotopic (exact) mass is 231 g/mol. The second-order valence-corrected chi connectivity index (χ2v) is 4.45. The molecule has 0 aromatic carbocycles. The minimum absolute atomic E-state index is 0.0973. The summed E-state index contributed by atoms with van der Waals surface area (Å²) in [6, 6.07) is 1.67. The molecular weight excluding hydrogens is 214 g/mol. The predicted molar refractivity (Wildman–Crippen MR) is 68.0 cm³/mol. The van der Waals surface area contributed by atoms with Crippen LogP contribution in [-0.4, -0.2) is 16.0 Å². The van der Waals surface area contributed by atoms with E-state index in [1.165, 1.54) is 6.07 Å². The normalized spacial score (nSPS) is 16.2. The van der Waals surface area contributed by atoms with E-state index in [9.17, 15) is 4.79 Å². The third-order valence-corrected chi connectivity index (χ3v) is 2.93. The predicted octanol–water partition coefficient (Wildman–Crippen LogP) is 1.86. The molecule has 0 amide bonds. The second kappa shape index (κ2) is 5.05. The number of anilines is 1. The number of nitrogens with one attached hydrogen (secondary N) is 2. The first kappa shape index (κ1) is 11.7. The molecule has 2 rings (SSSR count). The van der Waals surface area contributed by atoms with E-state index in [1.807, 2.05) is 0 Å². The molecule has 0 radical (unpaired) electrons. The van der Waals surface area contributed by atoms with Crippen molar-refractivity contribution < 1.29 is 0 Å². The Hall–Kier alpha value is -1.76. The van der Waals surface area contributed by atoms with Gasteiger partial charge < -0.3 is 10.3 Å². The van der Waals surface area contributed by atoms with Gasteiger partial charge in [0.2, 0.25) is 0 Å². The molecular formula is C13H17N3O. The van der Waals surface area contributed by atoms with Gasteiger partial charge in [0.15, 0.2) is 0 Å². The average Bonchev–Trinajstić information content (AvgIpc) is 3.11. The van der Waals surface area contributed by atoms with Gasteiger partial charge in [-0.2, -0.15) is 0 Å². The highest BCUT2D eigenvalue weighted by Gasteiger charge is 2.26. The van der Waals surface area contributed by atoms with Gasteiger partial charge in [-0.05, 0) is 19.3 Å². The van der Waals surface area contributed by atoms with Crippen molar-refractivity contribution in [1.29, 1.82) is 0 Å². The van der Waals surface area contributed by atoms with Crippen molar-refractivity contribution in [2.75, 3.05) is 5.32 Å². The minimum atomic E-state index is -0.0973. The summed E-state index contributed by atoms with van der Waals surface area (Å²) in [5.74, 6) is 4.51. The lowest BCUT2D eigenvalue weighted by molar-refractivity contribution is 0.708. The van der Waals surface area contributed by atoms with E-state index in [4.69, 9.17) is 6.42 Å². The zero-order valence-electron chi connectivity index (χ0n) is 9.99. The van der Waals surface area contributed by atoms with Crippen molar-refractivity contribution in [3.63, 3.8) is 0 Å². The van der Waals surface area contributed by atoms with Crippen LogP contribution in [0.5, 0.6) is 0 Å². The number of aromatic nitrogens is 2. The van der Waals surface area contributed by atoms with Crippen molar-refractivity contribution in [2.45, 2.75) is 44.6 Å². The highest BCUT2D eigenvalue weighted by Crippen LogP contribution is 2.37. The van der Waals surface area contributed by atoms with Gasteiger partial charge in [-0.3, -0.25) is 4.79 Å². The summed E-state index contributed by atoms with van der Waals surface area (Å²) < 4.78 is 0. The number of hydrogen-bond acceptors (Lipinski definition) is 3.